The molecule has 1 amide bonds. The number of rotatable bonds is 7. The van der Waals surface area contributed by atoms with Gasteiger partial charge in [-0.2, -0.15) is 0 Å². The van der Waals surface area contributed by atoms with Crippen molar-refractivity contribution in [2.45, 2.75) is 20.8 Å². The Morgan fingerprint density at radius 1 is 0.913 bits per heavy atom. The Kier molecular flexibility index (Phi) is 6.03. The minimum absolute atomic E-state index is 0.00698. The summed E-state index contributed by atoms with van der Waals surface area (Å²) in [5, 5.41) is 2.77. The van der Waals surface area contributed by atoms with Gasteiger partial charge in [0.15, 0.2) is 6.61 Å². The lowest BCUT2D eigenvalue weighted by Gasteiger charge is -2.10. The van der Waals surface area contributed by atoms with Crippen molar-refractivity contribution in [1.29, 1.82) is 0 Å². The average molecular weight is 313 g/mol. The molecule has 2 aromatic carbocycles. The Bertz CT molecular complexity index is 650. The van der Waals surface area contributed by atoms with Gasteiger partial charge in [0.25, 0.3) is 5.91 Å². The van der Waals surface area contributed by atoms with Crippen molar-refractivity contribution in [3.8, 4) is 11.5 Å². The topological polar surface area (TPSA) is 47.6 Å². The summed E-state index contributed by atoms with van der Waals surface area (Å²) in [4.78, 5) is 11.7. The van der Waals surface area contributed by atoms with E-state index in [0.717, 1.165) is 11.3 Å². The molecule has 0 aliphatic carbocycles. The van der Waals surface area contributed by atoms with Crippen LogP contribution in [0.1, 0.15) is 16.7 Å². The van der Waals surface area contributed by atoms with Gasteiger partial charge in [-0.15, -0.1) is 0 Å². The molecule has 4 heteroatoms. The molecule has 2 rings (SSSR count). The smallest absolute Gasteiger partial charge is 0.258 e. The quantitative estimate of drug-likeness (QED) is 0.799. The molecule has 0 saturated carbocycles. The van der Waals surface area contributed by atoms with Crippen molar-refractivity contribution in [3.05, 3.63) is 59.2 Å². The molecule has 0 spiro atoms. The Hall–Kier alpha value is -2.49. The summed E-state index contributed by atoms with van der Waals surface area (Å²) in [6.07, 6.45) is 0. The molecular formula is C19H23NO3. The zero-order chi connectivity index (χ0) is 16.7. The van der Waals surface area contributed by atoms with Gasteiger partial charge < -0.3 is 14.8 Å². The number of hydrogen-bond acceptors (Lipinski definition) is 3. The maximum Gasteiger partial charge on any atom is 0.258 e. The summed E-state index contributed by atoms with van der Waals surface area (Å²) in [5.41, 5.74) is 3.54. The van der Waals surface area contributed by atoms with Crippen LogP contribution in [-0.2, 0) is 4.79 Å². The summed E-state index contributed by atoms with van der Waals surface area (Å²) in [6, 6.07) is 13.6. The number of amides is 1. The van der Waals surface area contributed by atoms with Crippen LogP contribution in [0.15, 0.2) is 42.5 Å². The third kappa shape index (κ3) is 5.66. The standard InChI is InChI=1S/C19H23NO3/c1-14-4-7-17(8-5-14)22-11-10-20-19(21)13-23-18-9-6-15(2)16(3)12-18/h4-9,12H,10-11,13H2,1-3H3,(H,20,21). The molecular weight excluding hydrogens is 290 g/mol. The second-order valence-corrected chi connectivity index (χ2v) is 5.55. The molecule has 0 saturated heterocycles. The molecule has 2 aromatic rings. The van der Waals surface area contributed by atoms with Gasteiger partial charge in [0.1, 0.15) is 18.1 Å². The summed E-state index contributed by atoms with van der Waals surface area (Å²) in [7, 11) is 0. The van der Waals surface area contributed by atoms with Crippen LogP contribution in [-0.4, -0.2) is 25.7 Å². The van der Waals surface area contributed by atoms with Crippen LogP contribution >= 0.6 is 0 Å². The zero-order valence-electron chi connectivity index (χ0n) is 13.9. The monoisotopic (exact) mass is 313 g/mol. The summed E-state index contributed by atoms with van der Waals surface area (Å²) in [5.74, 6) is 1.35. The van der Waals surface area contributed by atoms with Crippen LogP contribution in [0.25, 0.3) is 0 Å². The van der Waals surface area contributed by atoms with E-state index >= 15 is 0 Å². The van der Waals surface area contributed by atoms with Crippen LogP contribution in [0.3, 0.4) is 0 Å². The van der Waals surface area contributed by atoms with Crippen LogP contribution in [0, 0.1) is 20.8 Å². The molecule has 0 radical (unpaired) electrons. The fourth-order valence-corrected chi connectivity index (χ4v) is 2.00. The Balaban J connectivity index is 1.65. The Morgan fingerprint density at radius 2 is 1.61 bits per heavy atom. The van der Waals surface area contributed by atoms with E-state index in [1.807, 2.05) is 63.2 Å². The first kappa shape index (κ1) is 16.9. The van der Waals surface area contributed by atoms with Gasteiger partial charge in [0.05, 0.1) is 6.54 Å². The third-order valence-corrected chi connectivity index (χ3v) is 3.56. The number of hydrogen-bond donors (Lipinski definition) is 1. The van der Waals surface area contributed by atoms with Crippen molar-refractivity contribution in [2.75, 3.05) is 19.8 Å². The van der Waals surface area contributed by atoms with Gasteiger partial charge in [-0.25, -0.2) is 0 Å². The first-order valence-electron chi connectivity index (χ1n) is 7.71. The molecule has 122 valence electrons. The molecule has 23 heavy (non-hydrogen) atoms. The second-order valence-electron chi connectivity index (χ2n) is 5.55. The number of carbonyl (C=O) groups is 1. The fourth-order valence-electron chi connectivity index (χ4n) is 2.00. The molecule has 1 N–H and O–H groups in total. The fraction of sp³-hybridized carbons (Fsp3) is 0.316. The number of aryl methyl sites for hydroxylation is 3. The van der Waals surface area contributed by atoms with E-state index in [2.05, 4.69) is 5.32 Å². The summed E-state index contributed by atoms with van der Waals surface area (Å²) in [6.45, 7) is 6.97. The normalized spacial score (nSPS) is 10.2. The van der Waals surface area contributed by atoms with Crippen molar-refractivity contribution in [1.82, 2.24) is 5.32 Å². The number of benzene rings is 2. The predicted molar refractivity (Wildman–Crippen MR) is 91.1 cm³/mol. The first-order valence-corrected chi connectivity index (χ1v) is 7.71. The zero-order valence-corrected chi connectivity index (χ0v) is 13.9. The van der Waals surface area contributed by atoms with Gasteiger partial charge in [-0.1, -0.05) is 23.8 Å². The summed E-state index contributed by atoms with van der Waals surface area (Å²) >= 11 is 0. The SMILES string of the molecule is Cc1ccc(OCCNC(=O)COc2ccc(C)c(C)c2)cc1. The van der Waals surface area contributed by atoms with Gasteiger partial charge in [-0.3, -0.25) is 4.79 Å². The molecule has 0 aliphatic rings. The lowest BCUT2D eigenvalue weighted by molar-refractivity contribution is -0.123. The highest BCUT2D eigenvalue weighted by Crippen LogP contribution is 2.16. The second kappa shape index (κ2) is 8.22. The van der Waals surface area contributed by atoms with Crippen LogP contribution < -0.4 is 14.8 Å². The highest BCUT2D eigenvalue weighted by Gasteiger charge is 2.03. The highest BCUT2D eigenvalue weighted by molar-refractivity contribution is 5.77. The van der Waals surface area contributed by atoms with Gasteiger partial charge in [-0.05, 0) is 56.2 Å². The lowest BCUT2D eigenvalue weighted by atomic mass is 10.1. The highest BCUT2D eigenvalue weighted by atomic mass is 16.5. The lowest BCUT2D eigenvalue weighted by Crippen LogP contribution is -2.32. The van der Waals surface area contributed by atoms with E-state index in [9.17, 15) is 4.79 Å². The molecule has 0 unspecified atom stereocenters. The maximum atomic E-state index is 11.7. The first-order chi connectivity index (χ1) is 11.0. The van der Waals surface area contributed by atoms with Crippen molar-refractivity contribution >= 4 is 5.91 Å². The van der Waals surface area contributed by atoms with Gasteiger partial charge in [0, 0.05) is 0 Å². The number of ether oxygens (including phenoxy) is 2. The minimum Gasteiger partial charge on any atom is -0.492 e. The van der Waals surface area contributed by atoms with E-state index in [4.69, 9.17) is 9.47 Å². The van der Waals surface area contributed by atoms with E-state index < -0.39 is 0 Å². The van der Waals surface area contributed by atoms with Crippen molar-refractivity contribution < 1.29 is 14.3 Å². The molecule has 0 fully saturated rings. The molecule has 0 atom stereocenters. The number of carbonyl (C=O) groups excluding carboxylic acids is 1. The van der Waals surface area contributed by atoms with Crippen LogP contribution in [0.5, 0.6) is 11.5 Å². The third-order valence-electron chi connectivity index (χ3n) is 3.56. The van der Waals surface area contributed by atoms with Crippen molar-refractivity contribution in [3.63, 3.8) is 0 Å². The number of nitrogens with one attached hydrogen (secondary N) is 1. The van der Waals surface area contributed by atoms with E-state index in [1.54, 1.807) is 0 Å². The molecule has 0 aromatic heterocycles. The Morgan fingerprint density at radius 3 is 2.30 bits per heavy atom. The molecule has 4 nitrogen and oxygen atoms in total. The van der Waals surface area contributed by atoms with E-state index in [1.165, 1.54) is 11.1 Å². The van der Waals surface area contributed by atoms with Crippen LogP contribution in [0.4, 0.5) is 0 Å². The minimum atomic E-state index is -0.157. The molecule has 0 heterocycles. The molecule has 0 aliphatic heterocycles. The largest absolute Gasteiger partial charge is 0.492 e. The average Bonchev–Trinajstić information content (AvgIpc) is 2.54. The van der Waals surface area contributed by atoms with Gasteiger partial charge in [0.2, 0.25) is 0 Å². The van der Waals surface area contributed by atoms with Crippen LogP contribution in [0.2, 0.25) is 0 Å². The molecule has 0 bridgehead atoms. The predicted octanol–water partition coefficient (Wildman–Crippen LogP) is 3.19. The van der Waals surface area contributed by atoms with Crippen molar-refractivity contribution in [2.24, 2.45) is 0 Å². The Labute approximate surface area is 137 Å². The van der Waals surface area contributed by atoms with E-state index in [0.29, 0.717) is 18.9 Å². The summed E-state index contributed by atoms with van der Waals surface area (Å²) < 4.78 is 11.0. The van der Waals surface area contributed by atoms with E-state index in [-0.39, 0.29) is 12.5 Å². The van der Waals surface area contributed by atoms with Gasteiger partial charge >= 0.3 is 0 Å². The maximum absolute atomic E-state index is 11.7.